The minimum absolute atomic E-state index is 0.193. The number of piperidine rings is 1. The fraction of sp³-hybridized carbons (Fsp3) is 0.941. The van der Waals surface area contributed by atoms with E-state index >= 15 is 0 Å². The maximum atomic E-state index is 12.0. The minimum atomic E-state index is -0.423. The van der Waals surface area contributed by atoms with Gasteiger partial charge >= 0.3 is 6.09 Å². The largest absolute Gasteiger partial charge is 0.444 e. The Balaban J connectivity index is 1.68. The average Bonchev–Trinajstić information content (AvgIpc) is 2.91. The molecule has 1 aliphatic carbocycles. The number of nitrogens with zero attached hydrogens (tertiary/aromatic N) is 1. The second kappa shape index (κ2) is 7.64. The summed E-state index contributed by atoms with van der Waals surface area (Å²) >= 11 is 0. The molecule has 0 spiro atoms. The lowest BCUT2D eigenvalue weighted by Gasteiger charge is -2.34. The van der Waals surface area contributed by atoms with Crippen LogP contribution in [-0.4, -0.2) is 54.0 Å². The molecule has 1 heterocycles. The summed E-state index contributed by atoms with van der Waals surface area (Å²) in [6.07, 6.45) is 5.41. The lowest BCUT2D eigenvalue weighted by atomic mass is 9.96. The molecular formula is C17H32N2O3. The highest BCUT2D eigenvalue weighted by molar-refractivity contribution is 5.68. The van der Waals surface area contributed by atoms with Crippen LogP contribution in [-0.2, 0) is 4.74 Å². The van der Waals surface area contributed by atoms with Gasteiger partial charge in [0, 0.05) is 25.7 Å². The normalized spacial score (nSPS) is 27.2. The van der Waals surface area contributed by atoms with Crippen LogP contribution in [0.2, 0.25) is 0 Å². The molecule has 22 heavy (non-hydrogen) atoms. The third-order valence-corrected chi connectivity index (χ3v) is 4.87. The number of aliphatic hydroxyl groups excluding tert-OH is 1. The van der Waals surface area contributed by atoms with Crippen LogP contribution in [0.5, 0.6) is 0 Å². The lowest BCUT2D eigenvalue weighted by Crippen LogP contribution is -2.47. The van der Waals surface area contributed by atoms with E-state index in [2.05, 4.69) is 5.32 Å². The zero-order valence-electron chi connectivity index (χ0n) is 14.3. The first kappa shape index (κ1) is 17.5. The van der Waals surface area contributed by atoms with Crippen molar-refractivity contribution in [2.45, 2.75) is 64.5 Å². The second-order valence-corrected chi connectivity index (χ2v) is 7.78. The van der Waals surface area contributed by atoms with Crippen molar-refractivity contribution in [3.05, 3.63) is 0 Å². The molecule has 0 aromatic rings. The van der Waals surface area contributed by atoms with E-state index in [1.165, 1.54) is 19.3 Å². The third kappa shape index (κ3) is 5.13. The summed E-state index contributed by atoms with van der Waals surface area (Å²) in [5.41, 5.74) is -0.423. The van der Waals surface area contributed by atoms with E-state index in [0.29, 0.717) is 24.5 Å². The molecule has 0 bridgehead atoms. The highest BCUT2D eigenvalue weighted by Crippen LogP contribution is 2.31. The molecule has 128 valence electrons. The highest BCUT2D eigenvalue weighted by Gasteiger charge is 2.29. The molecule has 0 aromatic carbocycles. The Labute approximate surface area is 134 Å². The molecule has 2 rings (SSSR count). The number of rotatable bonds is 4. The van der Waals surface area contributed by atoms with E-state index in [-0.39, 0.29) is 6.09 Å². The molecule has 5 nitrogen and oxygen atoms in total. The molecule has 5 heteroatoms. The summed E-state index contributed by atoms with van der Waals surface area (Å²) in [6.45, 7) is 8.56. The monoisotopic (exact) mass is 312 g/mol. The number of carbonyl (C=O) groups excluding carboxylic acids is 1. The number of ether oxygens (including phenoxy) is 1. The molecule has 2 aliphatic rings. The first-order valence-corrected chi connectivity index (χ1v) is 8.71. The van der Waals surface area contributed by atoms with Gasteiger partial charge in [0.2, 0.25) is 0 Å². The maximum Gasteiger partial charge on any atom is 0.410 e. The van der Waals surface area contributed by atoms with Crippen molar-refractivity contribution in [1.29, 1.82) is 0 Å². The molecule has 2 N–H and O–H groups in total. The summed E-state index contributed by atoms with van der Waals surface area (Å²) in [5, 5.41) is 13.0. The third-order valence-electron chi connectivity index (χ3n) is 4.87. The summed E-state index contributed by atoms with van der Waals surface area (Å²) in [4.78, 5) is 13.8. The van der Waals surface area contributed by atoms with Crippen LogP contribution >= 0.6 is 0 Å². The Morgan fingerprint density at radius 2 is 1.82 bits per heavy atom. The van der Waals surface area contributed by atoms with Crippen molar-refractivity contribution in [2.75, 3.05) is 26.2 Å². The fourth-order valence-corrected chi connectivity index (χ4v) is 3.53. The molecular weight excluding hydrogens is 280 g/mol. The van der Waals surface area contributed by atoms with E-state index in [4.69, 9.17) is 4.74 Å². The smallest absolute Gasteiger partial charge is 0.410 e. The zero-order valence-corrected chi connectivity index (χ0v) is 14.3. The van der Waals surface area contributed by atoms with Gasteiger partial charge in [-0.15, -0.1) is 0 Å². The van der Waals surface area contributed by atoms with Crippen LogP contribution in [0.1, 0.15) is 52.9 Å². The van der Waals surface area contributed by atoms with Crippen LogP contribution in [0, 0.1) is 11.8 Å². The molecule has 1 amide bonds. The van der Waals surface area contributed by atoms with E-state index in [1.54, 1.807) is 0 Å². The van der Waals surface area contributed by atoms with Crippen molar-refractivity contribution in [1.82, 2.24) is 10.2 Å². The molecule has 2 atom stereocenters. The molecule has 2 unspecified atom stereocenters. The maximum absolute atomic E-state index is 12.0. The van der Waals surface area contributed by atoms with Gasteiger partial charge in [-0.1, -0.05) is 6.42 Å². The van der Waals surface area contributed by atoms with Gasteiger partial charge in [0.25, 0.3) is 0 Å². The van der Waals surface area contributed by atoms with Crippen LogP contribution in [0.4, 0.5) is 4.79 Å². The zero-order chi connectivity index (χ0) is 16.2. The van der Waals surface area contributed by atoms with Crippen LogP contribution in [0.15, 0.2) is 0 Å². The summed E-state index contributed by atoms with van der Waals surface area (Å²) in [5.74, 6) is 1.10. The Morgan fingerprint density at radius 3 is 2.41 bits per heavy atom. The predicted octanol–water partition coefficient (Wildman–Crippen LogP) is 2.38. The number of hydrogen-bond acceptors (Lipinski definition) is 4. The molecule has 1 saturated heterocycles. The van der Waals surface area contributed by atoms with E-state index < -0.39 is 5.60 Å². The molecule has 0 aromatic heterocycles. The molecule has 1 saturated carbocycles. The topological polar surface area (TPSA) is 61.8 Å². The highest BCUT2D eigenvalue weighted by atomic mass is 16.6. The SMILES string of the molecule is CC(C)(C)OC(=O)N1CCC(NCC2CCCC2CO)CC1. The standard InChI is InChI=1S/C17H32N2O3/c1-17(2,3)22-16(21)19-9-7-15(8-10-19)18-11-13-5-4-6-14(13)12-20/h13-15,18,20H,4-12H2,1-3H3. The van der Waals surface area contributed by atoms with Crippen LogP contribution < -0.4 is 5.32 Å². The number of carbonyl (C=O) groups is 1. The second-order valence-electron chi connectivity index (χ2n) is 7.78. The van der Waals surface area contributed by atoms with Gasteiger partial charge in [-0.3, -0.25) is 0 Å². The Bertz CT molecular complexity index is 359. The van der Waals surface area contributed by atoms with Crippen molar-refractivity contribution < 1.29 is 14.6 Å². The fourth-order valence-electron chi connectivity index (χ4n) is 3.53. The lowest BCUT2D eigenvalue weighted by molar-refractivity contribution is 0.0196. The summed E-state index contributed by atoms with van der Waals surface area (Å²) in [6, 6.07) is 0.485. The van der Waals surface area contributed by atoms with Crippen molar-refractivity contribution >= 4 is 6.09 Å². The number of hydrogen-bond donors (Lipinski definition) is 2. The predicted molar refractivity (Wildman–Crippen MR) is 86.7 cm³/mol. The van der Waals surface area contributed by atoms with E-state index in [9.17, 15) is 9.90 Å². The first-order chi connectivity index (χ1) is 10.4. The number of amides is 1. The van der Waals surface area contributed by atoms with E-state index in [1.807, 2.05) is 25.7 Å². The molecule has 2 fully saturated rings. The molecule has 1 aliphatic heterocycles. The first-order valence-electron chi connectivity index (χ1n) is 8.71. The quantitative estimate of drug-likeness (QED) is 0.837. The van der Waals surface area contributed by atoms with Gasteiger partial charge < -0.3 is 20.1 Å². The minimum Gasteiger partial charge on any atom is -0.444 e. The Hall–Kier alpha value is -0.810. The van der Waals surface area contributed by atoms with E-state index in [0.717, 1.165) is 32.5 Å². The van der Waals surface area contributed by atoms with Crippen LogP contribution in [0.25, 0.3) is 0 Å². The van der Waals surface area contributed by atoms with Gasteiger partial charge in [0.1, 0.15) is 5.60 Å². The summed E-state index contributed by atoms with van der Waals surface area (Å²) < 4.78 is 5.42. The van der Waals surface area contributed by atoms with Gasteiger partial charge in [-0.2, -0.15) is 0 Å². The van der Waals surface area contributed by atoms with Gasteiger partial charge in [0.05, 0.1) is 0 Å². The number of nitrogens with one attached hydrogen (secondary N) is 1. The van der Waals surface area contributed by atoms with Crippen molar-refractivity contribution in [3.63, 3.8) is 0 Å². The van der Waals surface area contributed by atoms with Crippen LogP contribution in [0.3, 0.4) is 0 Å². The van der Waals surface area contributed by atoms with Crippen molar-refractivity contribution in [2.24, 2.45) is 11.8 Å². The number of aliphatic hydroxyl groups is 1. The summed E-state index contributed by atoms with van der Waals surface area (Å²) in [7, 11) is 0. The Morgan fingerprint density at radius 1 is 1.18 bits per heavy atom. The van der Waals surface area contributed by atoms with Crippen molar-refractivity contribution in [3.8, 4) is 0 Å². The molecule has 0 radical (unpaired) electrons. The average molecular weight is 312 g/mol. The Kier molecular flexibility index (Phi) is 6.09. The van der Waals surface area contributed by atoms with Gasteiger partial charge in [-0.05, 0) is 64.8 Å². The van der Waals surface area contributed by atoms with Gasteiger partial charge in [-0.25, -0.2) is 4.79 Å². The number of likely N-dealkylation sites (tertiary alicyclic amines) is 1. The van der Waals surface area contributed by atoms with Gasteiger partial charge in [0.15, 0.2) is 0 Å².